The number of hydrogen-bond acceptors (Lipinski definition) is 5. The number of hydrogen-bond donors (Lipinski definition) is 3. The number of nitrogens with zero attached hydrogens (tertiary/aromatic N) is 1. The molecule has 1 aromatic carbocycles. The molecule has 0 unspecified atom stereocenters. The van der Waals surface area contributed by atoms with E-state index in [0.29, 0.717) is 30.1 Å². The van der Waals surface area contributed by atoms with Crippen molar-refractivity contribution in [3.8, 4) is 0 Å². The Labute approximate surface area is 106 Å². The van der Waals surface area contributed by atoms with Crippen LogP contribution < -0.4 is 11.5 Å². The van der Waals surface area contributed by atoms with Crippen molar-refractivity contribution in [3.05, 3.63) is 23.8 Å². The van der Waals surface area contributed by atoms with Crippen LogP contribution >= 0.6 is 0 Å². The van der Waals surface area contributed by atoms with Crippen molar-refractivity contribution < 1.29 is 14.6 Å². The van der Waals surface area contributed by atoms with Gasteiger partial charge in [-0.1, -0.05) is 0 Å². The molecule has 0 radical (unpaired) electrons. The maximum absolute atomic E-state index is 12.2. The molecular formula is C12H19N3O3. The monoisotopic (exact) mass is 253 g/mol. The Morgan fingerprint density at radius 3 is 2.67 bits per heavy atom. The van der Waals surface area contributed by atoms with E-state index in [1.54, 1.807) is 25.3 Å². The first kappa shape index (κ1) is 14.3. The lowest BCUT2D eigenvalue weighted by Crippen LogP contribution is -2.36. The molecule has 0 bridgehead atoms. The average molecular weight is 253 g/mol. The lowest BCUT2D eigenvalue weighted by molar-refractivity contribution is 0.0657. The summed E-state index contributed by atoms with van der Waals surface area (Å²) in [5.41, 5.74) is 12.6. The van der Waals surface area contributed by atoms with Gasteiger partial charge in [-0.05, 0) is 18.2 Å². The SMILES string of the molecule is COCCN(CCO)C(=O)c1ccc(N)cc1N. The highest BCUT2D eigenvalue weighted by Gasteiger charge is 2.17. The summed E-state index contributed by atoms with van der Waals surface area (Å²) in [7, 11) is 1.55. The van der Waals surface area contributed by atoms with E-state index in [2.05, 4.69) is 0 Å². The molecule has 1 amide bonds. The van der Waals surface area contributed by atoms with Crippen molar-refractivity contribution in [1.82, 2.24) is 4.90 Å². The maximum Gasteiger partial charge on any atom is 0.256 e. The number of carbonyl (C=O) groups excluding carboxylic acids is 1. The molecule has 0 aliphatic rings. The molecule has 1 aromatic rings. The molecule has 0 atom stereocenters. The number of anilines is 2. The highest BCUT2D eigenvalue weighted by Crippen LogP contribution is 2.17. The Morgan fingerprint density at radius 2 is 2.11 bits per heavy atom. The van der Waals surface area contributed by atoms with E-state index in [0.717, 1.165) is 0 Å². The molecule has 100 valence electrons. The van der Waals surface area contributed by atoms with Gasteiger partial charge in [-0.15, -0.1) is 0 Å². The fraction of sp³-hybridized carbons (Fsp3) is 0.417. The van der Waals surface area contributed by atoms with Crippen LogP contribution in [-0.2, 0) is 4.74 Å². The van der Waals surface area contributed by atoms with Gasteiger partial charge in [0.15, 0.2) is 0 Å². The summed E-state index contributed by atoms with van der Waals surface area (Å²) in [6.45, 7) is 0.941. The second-order valence-electron chi connectivity index (χ2n) is 3.86. The summed E-state index contributed by atoms with van der Waals surface area (Å²) in [6, 6.07) is 4.75. The molecule has 5 N–H and O–H groups in total. The maximum atomic E-state index is 12.2. The van der Waals surface area contributed by atoms with E-state index in [1.165, 1.54) is 4.90 Å². The van der Waals surface area contributed by atoms with Gasteiger partial charge in [0, 0.05) is 31.6 Å². The molecule has 0 aliphatic heterocycles. The van der Waals surface area contributed by atoms with Crippen LogP contribution in [-0.4, -0.2) is 49.3 Å². The number of aliphatic hydroxyl groups is 1. The van der Waals surface area contributed by atoms with Gasteiger partial charge in [0.25, 0.3) is 5.91 Å². The third kappa shape index (κ3) is 3.61. The molecular weight excluding hydrogens is 234 g/mol. The van der Waals surface area contributed by atoms with Crippen molar-refractivity contribution in [2.45, 2.75) is 0 Å². The summed E-state index contributed by atoms with van der Waals surface area (Å²) < 4.78 is 4.93. The van der Waals surface area contributed by atoms with Crippen LogP contribution in [0.2, 0.25) is 0 Å². The van der Waals surface area contributed by atoms with Crippen LogP contribution in [0.15, 0.2) is 18.2 Å². The number of carbonyl (C=O) groups is 1. The predicted molar refractivity (Wildman–Crippen MR) is 70.1 cm³/mol. The zero-order chi connectivity index (χ0) is 13.5. The topological polar surface area (TPSA) is 102 Å². The van der Waals surface area contributed by atoms with Crippen molar-refractivity contribution in [1.29, 1.82) is 0 Å². The van der Waals surface area contributed by atoms with Crippen LogP contribution in [0.4, 0.5) is 11.4 Å². The van der Waals surface area contributed by atoms with Crippen molar-refractivity contribution in [2.24, 2.45) is 0 Å². The molecule has 0 aliphatic carbocycles. The Morgan fingerprint density at radius 1 is 1.39 bits per heavy atom. The van der Waals surface area contributed by atoms with Gasteiger partial charge in [0.2, 0.25) is 0 Å². The number of aliphatic hydroxyl groups excluding tert-OH is 1. The fourth-order valence-electron chi connectivity index (χ4n) is 1.58. The largest absolute Gasteiger partial charge is 0.399 e. The van der Waals surface area contributed by atoms with Gasteiger partial charge < -0.3 is 26.2 Å². The van der Waals surface area contributed by atoms with Crippen LogP contribution in [0.5, 0.6) is 0 Å². The summed E-state index contributed by atoms with van der Waals surface area (Å²) in [6.07, 6.45) is 0. The number of nitrogens with two attached hydrogens (primary N) is 2. The summed E-state index contributed by atoms with van der Waals surface area (Å²) in [5.74, 6) is -0.237. The van der Waals surface area contributed by atoms with E-state index in [-0.39, 0.29) is 19.1 Å². The lowest BCUT2D eigenvalue weighted by Gasteiger charge is -2.22. The zero-order valence-electron chi connectivity index (χ0n) is 10.4. The Kier molecular flexibility index (Phi) is 5.41. The molecule has 0 fully saturated rings. The van der Waals surface area contributed by atoms with Gasteiger partial charge in [-0.25, -0.2) is 0 Å². The second-order valence-corrected chi connectivity index (χ2v) is 3.86. The molecule has 0 saturated heterocycles. The van der Waals surface area contributed by atoms with Crippen LogP contribution in [0, 0.1) is 0 Å². The lowest BCUT2D eigenvalue weighted by atomic mass is 10.1. The molecule has 0 heterocycles. The van der Waals surface area contributed by atoms with E-state index in [4.69, 9.17) is 21.3 Å². The number of amides is 1. The normalized spacial score (nSPS) is 10.3. The first-order valence-corrected chi connectivity index (χ1v) is 5.64. The van der Waals surface area contributed by atoms with E-state index < -0.39 is 0 Å². The molecule has 1 rings (SSSR count). The third-order valence-corrected chi connectivity index (χ3v) is 2.53. The van der Waals surface area contributed by atoms with Crippen LogP contribution in [0.1, 0.15) is 10.4 Å². The average Bonchev–Trinajstić information content (AvgIpc) is 2.33. The van der Waals surface area contributed by atoms with Gasteiger partial charge in [0.1, 0.15) is 0 Å². The van der Waals surface area contributed by atoms with Gasteiger partial charge in [-0.3, -0.25) is 4.79 Å². The molecule has 6 nitrogen and oxygen atoms in total. The summed E-state index contributed by atoms with van der Waals surface area (Å²) in [5, 5.41) is 8.96. The highest BCUT2D eigenvalue weighted by molar-refractivity contribution is 5.99. The van der Waals surface area contributed by atoms with E-state index in [9.17, 15) is 4.79 Å². The Bertz CT molecular complexity index is 410. The van der Waals surface area contributed by atoms with Gasteiger partial charge >= 0.3 is 0 Å². The second kappa shape index (κ2) is 6.83. The number of ether oxygens (including phenoxy) is 1. The van der Waals surface area contributed by atoms with E-state index >= 15 is 0 Å². The number of rotatable bonds is 6. The third-order valence-electron chi connectivity index (χ3n) is 2.53. The number of nitrogen functional groups attached to an aromatic ring is 2. The van der Waals surface area contributed by atoms with Crippen LogP contribution in [0.25, 0.3) is 0 Å². The van der Waals surface area contributed by atoms with Crippen LogP contribution in [0.3, 0.4) is 0 Å². The quantitative estimate of drug-likeness (QED) is 0.616. The Balaban J connectivity index is 2.87. The van der Waals surface area contributed by atoms with Crippen molar-refractivity contribution in [3.63, 3.8) is 0 Å². The predicted octanol–water partition coefficient (Wildman–Crippen LogP) is -0.0681. The molecule has 0 saturated carbocycles. The first-order chi connectivity index (χ1) is 8.60. The van der Waals surface area contributed by atoms with Crippen molar-refractivity contribution >= 4 is 17.3 Å². The number of methoxy groups -OCH3 is 1. The number of benzene rings is 1. The first-order valence-electron chi connectivity index (χ1n) is 5.64. The highest BCUT2D eigenvalue weighted by atomic mass is 16.5. The summed E-state index contributed by atoms with van der Waals surface area (Å²) in [4.78, 5) is 13.7. The van der Waals surface area contributed by atoms with Gasteiger partial charge in [0.05, 0.1) is 18.8 Å². The molecule has 18 heavy (non-hydrogen) atoms. The van der Waals surface area contributed by atoms with E-state index in [1.807, 2.05) is 0 Å². The molecule has 0 spiro atoms. The van der Waals surface area contributed by atoms with Crippen molar-refractivity contribution in [2.75, 3.05) is 44.9 Å². The smallest absolute Gasteiger partial charge is 0.256 e. The standard InChI is InChI=1S/C12H19N3O3/c1-18-7-5-15(4-6-16)12(17)10-3-2-9(13)8-11(10)14/h2-3,8,16H,4-7,13-14H2,1H3. The minimum absolute atomic E-state index is 0.107. The Hall–Kier alpha value is -1.79. The minimum Gasteiger partial charge on any atom is -0.399 e. The molecule has 0 aromatic heterocycles. The molecule has 6 heteroatoms. The summed E-state index contributed by atoms with van der Waals surface area (Å²) >= 11 is 0. The minimum atomic E-state index is -0.237. The zero-order valence-corrected chi connectivity index (χ0v) is 10.4. The fourth-order valence-corrected chi connectivity index (χ4v) is 1.58. The van der Waals surface area contributed by atoms with Gasteiger partial charge in [-0.2, -0.15) is 0 Å².